The first-order valence-electron chi connectivity index (χ1n) is 19.4. The van der Waals surface area contributed by atoms with Crippen molar-refractivity contribution in [1.29, 1.82) is 0 Å². The average Bonchev–Trinajstić information content (AvgIpc) is 3.93. The summed E-state index contributed by atoms with van der Waals surface area (Å²) in [7, 11) is 2.02. The molecule has 3 aromatic carbocycles. The van der Waals surface area contributed by atoms with E-state index in [0.717, 1.165) is 67.4 Å². The van der Waals surface area contributed by atoms with E-state index in [9.17, 15) is 9.90 Å². The van der Waals surface area contributed by atoms with Crippen LogP contribution in [0.25, 0.3) is 11.3 Å². The quantitative estimate of drug-likeness (QED) is 0.199. The molecule has 9 rings (SSSR count). The van der Waals surface area contributed by atoms with Crippen molar-refractivity contribution in [3.63, 3.8) is 0 Å². The van der Waals surface area contributed by atoms with Crippen LogP contribution in [-0.4, -0.2) is 95.5 Å². The van der Waals surface area contributed by atoms with Gasteiger partial charge in [0.05, 0.1) is 41.9 Å². The summed E-state index contributed by atoms with van der Waals surface area (Å²) in [6.45, 7) is 9.77. The zero-order valence-corrected chi connectivity index (χ0v) is 32.0. The van der Waals surface area contributed by atoms with Crippen LogP contribution in [0, 0.1) is 6.92 Å². The zero-order valence-electron chi connectivity index (χ0n) is 32.0. The molecule has 0 saturated carbocycles. The standard InChI is InChI=1S/C44H46N6O6/c1-28-20-30-6-4-5-7-32(30)26-49(28)43(52)38-24-41-40(55-27-56-41)23-37(38)39-22-36(29(2)48(39)15-14-47-16-18-54-19-17-47)44(53)50(33-8-10-35(51)11-9-33)34-21-31-12-13-46(3)42(31)45-25-34/h4-11,21-25,28,51H,12-20,26-27H2,1-3H3/t28-/m1/s1. The van der Waals surface area contributed by atoms with Gasteiger partial charge in [0.2, 0.25) is 6.79 Å². The monoisotopic (exact) mass is 754 g/mol. The van der Waals surface area contributed by atoms with Gasteiger partial charge in [0.15, 0.2) is 11.5 Å². The maximum absolute atomic E-state index is 15.2. The van der Waals surface area contributed by atoms with E-state index in [2.05, 4.69) is 33.4 Å². The Kier molecular flexibility index (Phi) is 9.38. The highest BCUT2D eigenvalue weighted by atomic mass is 16.7. The smallest absolute Gasteiger partial charge is 0.264 e. The number of hydrogen-bond acceptors (Lipinski definition) is 9. The molecule has 0 radical (unpaired) electrons. The lowest BCUT2D eigenvalue weighted by Crippen LogP contribution is -2.42. The molecule has 0 unspecified atom stereocenters. The molecule has 2 amide bonds. The van der Waals surface area contributed by atoms with Gasteiger partial charge in [0.1, 0.15) is 11.6 Å². The number of amides is 2. The molecule has 0 aliphatic carbocycles. The summed E-state index contributed by atoms with van der Waals surface area (Å²) in [5.41, 5.74) is 7.87. The van der Waals surface area contributed by atoms with Crippen molar-refractivity contribution in [2.75, 3.05) is 63.0 Å². The molecule has 56 heavy (non-hydrogen) atoms. The van der Waals surface area contributed by atoms with Gasteiger partial charge in [-0.15, -0.1) is 0 Å². The Morgan fingerprint density at radius 1 is 0.875 bits per heavy atom. The van der Waals surface area contributed by atoms with Crippen molar-refractivity contribution < 1.29 is 28.9 Å². The number of phenolic OH excluding ortho intramolecular Hbond substituents is 1. The maximum atomic E-state index is 15.2. The first kappa shape index (κ1) is 35.8. The van der Waals surface area contributed by atoms with Gasteiger partial charge < -0.3 is 33.7 Å². The Labute approximate surface area is 326 Å². The Balaban J connectivity index is 1.17. The molecule has 4 aliphatic heterocycles. The topological polar surface area (TPSA) is 113 Å². The summed E-state index contributed by atoms with van der Waals surface area (Å²) in [6, 6.07) is 22.6. The molecule has 0 bridgehead atoms. The molecule has 5 aromatic rings. The number of fused-ring (bicyclic) bond motifs is 3. The van der Waals surface area contributed by atoms with Crippen LogP contribution >= 0.6 is 0 Å². The normalized spacial score (nSPS) is 17.5. The first-order valence-corrected chi connectivity index (χ1v) is 19.4. The molecule has 12 heteroatoms. The number of ether oxygens (including phenoxy) is 3. The molecular formula is C44H46N6O6. The lowest BCUT2D eigenvalue weighted by molar-refractivity contribution is 0.0364. The van der Waals surface area contributed by atoms with Crippen LogP contribution in [0.1, 0.15) is 50.0 Å². The van der Waals surface area contributed by atoms with Crippen molar-refractivity contribution in [2.24, 2.45) is 0 Å². The highest BCUT2D eigenvalue weighted by Crippen LogP contribution is 2.42. The molecule has 1 saturated heterocycles. The fourth-order valence-corrected chi connectivity index (χ4v) is 8.52. The van der Waals surface area contributed by atoms with E-state index in [4.69, 9.17) is 19.2 Å². The molecule has 1 N–H and O–H groups in total. The Hall–Kier alpha value is -5.85. The van der Waals surface area contributed by atoms with Gasteiger partial charge in [-0.05, 0) is 91.9 Å². The van der Waals surface area contributed by atoms with Gasteiger partial charge in [0, 0.05) is 69.3 Å². The van der Waals surface area contributed by atoms with Gasteiger partial charge >= 0.3 is 0 Å². The number of aromatic nitrogens is 2. The summed E-state index contributed by atoms with van der Waals surface area (Å²) in [5, 5.41) is 10.2. The van der Waals surface area contributed by atoms with Crippen LogP contribution in [0.3, 0.4) is 0 Å². The lowest BCUT2D eigenvalue weighted by atomic mass is 9.93. The molecule has 4 aliphatic rings. The number of carbonyl (C=O) groups excluding carboxylic acids is 2. The van der Waals surface area contributed by atoms with Crippen LogP contribution in [0.4, 0.5) is 17.2 Å². The number of morpholine rings is 1. The van der Waals surface area contributed by atoms with E-state index in [1.807, 2.05) is 49.2 Å². The number of likely N-dealkylation sites (N-methyl/N-ethyl adjacent to an activating group) is 1. The van der Waals surface area contributed by atoms with Gasteiger partial charge in [-0.2, -0.15) is 0 Å². The molecule has 1 fully saturated rings. The van der Waals surface area contributed by atoms with E-state index in [0.29, 0.717) is 65.9 Å². The van der Waals surface area contributed by atoms with Gasteiger partial charge in [0.25, 0.3) is 11.8 Å². The van der Waals surface area contributed by atoms with Crippen molar-refractivity contribution in [3.05, 3.63) is 113 Å². The Morgan fingerprint density at radius 3 is 2.41 bits per heavy atom. The lowest BCUT2D eigenvalue weighted by Gasteiger charge is -2.35. The molecule has 6 heterocycles. The number of benzene rings is 3. The van der Waals surface area contributed by atoms with Gasteiger partial charge in [-0.25, -0.2) is 4.98 Å². The third-order valence-electron chi connectivity index (χ3n) is 11.7. The van der Waals surface area contributed by atoms with Crippen LogP contribution in [0.2, 0.25) is 0 Å². The number of aromatic hydroxyl groups is 1. The number of hydrogen-bond donors (Lipinski definition) is 1. The van der Waals surface area contributed by atoms with E-state index >= 15 is 4.79 Å². The Morgan fingerprint density at radius 2 is 1.62 bits per heavy atom. The van der Waals surface area contributed by atoms with Crippen molar-refractivity contribution in [3.8, 4) is 28.5 Å². The minimum absolute atomic E-state index is 0.0257. The second-order valence-electron chi connectivity index (χ2n) is 15.1. The number of carbonyl (C=O) groups is 2. The fraction of sp³-hybridized carbons (Fsp3) is 0.341. The predicted molar refractivity (Wildman–Crippen MR) is 213 cm³/mol. The number of phenols is 1. The summed E-state index contributed by atoms with van der Waals surface area (Å²) in [6.07, 6.45) is 3.33. The van der Waals surface area contributed by atoms with Crippen molar-refractivity contribution >= 4 is 29.0 Å². The summed E-state index contributed by atoms with van der Waals surface area (Å²) in [4.78, 5) is 42.9. The molecule has 12 nitrogen and oxygen atoms in total. The maximum Gasteiger partial charge on any atom is 0.264 e. The summed E-state index contributed by atoms with van der Waals surface area (Å²) >= 11 is 0. The number of rotatable bonds is 8. The van der Waals surface area contributed by atoms with Gasteiger partial charge in [-0.1, -0.05) is 24.3 Å². The molecule has 2 aromatic heterocycles. The minimum atomic E-state index is -0.248. The van der Waals surface area contributed by atoms with Crippen LogP contribution in [0.15, 0.2) is 79.0 Å². The van der Waals surface area contributed by atoms with Crippen LogP contribution < -0.4 is 19.3 Å². The van der Waals surface area contributed by atoms with Gasteiger partial charge in [-0.3, -0.25) is 19.4 Å². The van der Waals surface area contributed by atoms with Crippen LogP contribution in [-0.2, 0) is 30.7 Å². The summed E-state index contributed by atoms with van der Waals surface area (Å²) in [5.74, 6) is 1.74. The second kappa shape index (κ2) is 14.7. The number of nitrogens with zero attached hydrogens (tertiary/aromatic N) is 6. The Bertz CT molecular complexity index is 2320. The fourth-order valence-electron chi connectivity index (χ4n) is 8.52. The van der Waals surface area contributed by atoms with Crippen molar-refractivity contribution in [2.45, 2.75) is 45.8 Å². The number of anilines is 3. The van der Waals surface area contributed by atoms with E-state index in [-0.39, 0.29) is 30.4 Å². The van der Waals surface area contributed by atoms with Crippen LogP contribution in [0.5, 0.6) is 17.2 Å². The zero-order chi connectivity index (χ0) is 38.5. The predicted octanol–water partition coefficient (Wildman–Crippen LogP) is 6.18. The molecule has 288 valence electrons. The highest BCUT2D eigenvalue weighted by Gasteiger charge is 2.34. The molecular weight excluding hydrogens is 709 g/mol. The van der Waals surface area contributed by atoms with E-state index in [1.165, 1.54) is 5.56 Å². The number of pyridine rings is 1. The third kappa shape index (κ3) is 6.52. The van der Waals surface area contributed by atoms with E-state index < -0.39 is 0 Å². The molecule has 1 atom stereocenters. The average molecular weight is 755 g/mol. The largest absolute Gasteiger partial charge is 0.508 e. The second-order valence-corrected chi connectivity index (χ2v) is 15.1. The highest BCUT2D eigenvalue weighted by molar-refractivity contribution is 6.12. The minimum Gasteiger partial charge on any atom is -0.508 e. The summed E-state index contributed by atoms with van der Waals surface area (Å²) < 4.78 is 19.6. The van der Waals surface area contributed by atoms with Crippen molar-refractivity contribution in [1.82, 2.24) is 19.4 Å². The molecule has 0 spiro atoms. The third-order valence-corrected chi connectivity index (χ3v) is 11.7. The van der Waals surface area contributed by atoms with E-state index in [1.54, 1.807) is 41.4 Å². The SMILES string of the molecule is Cc1c(C(=O)N(c2ccc(O)cc2)c2cnc3c(c2)CCN3C)cc(-c2cc3c(cc2C(=O)N2Cc4ccccc4C[C@H]2C)OCO3)n1CCN1CCOCC1. The first-order chi connectivity index (χ1) is 27.2.